The number of aromatic amines is 1. The molecular weight excluding hydrogens is 486 g/mol. The number of hydrogen-bond acceptors (Lipinski definition) is 5. The van der Waals surface area contributed by atoms with Gasteiger partial charge in [0.05, 0.1) is 6.04 Å². The molecule has 1 fully saturated rings. The fraction of sp³-hybridized carbons (Fsp3) is 0.571. The topological polar surface area (TPSA) is 158 Å². The van der Waals surface area contributed by atoms with E-state index < -0.39 is 47.9 Å². The van der Waals surface area contributed by atoms with E-state index in [4.69, 9.17) is 5.73 Å². The van der Waals surface area contributed by atoms with Crippen molar-refractivity contribution in [2.45, 2.75) is 84.0 Å². The van der Waals surface area contributed by atoms with Crippen LogP contribution in [0.25, 0.3) is 10.9 Å². The minimum atomic E-state index is -1.05. The summed E-state index contributed by atoms with van der Waals surface area (Å²) in [6.45, 7) is 8.02. The highest BCUT2D eigenvalue weighted by molar-refractivity contribution is 5.95. The summed E-state index contributed by atoms with van der Waals surface area (Å²) in [5, 5.41) is 16.2. The van der Waals surface area contributed by atoms with E-state index in [0.717, 1.165) is 16.5 Å². The molecule has 3 amide bonds. The number of H-pyrrole nitrogens is 1. The van der Waals surface area contributed by atoms with E-state index in [1.54, 1.807) is 0 Å². The maximum atomic E-state index is 13.7. The number of para-hydroxylation sites is 1. The molecule has 10 heteroatoms. The van der Waals surface area contributed by atoms with Gasteiger partial charge < -0.3 is 31.4 Å². The number of benzene rings is 1. The summed E-state index contributed by atoms with van der Waals surface area (Å²) in [7, 11) is 0. The minimum absolute atomic E-state index is 0.0654. The third kappa shape index (κ3) is 6.92. The van der Waals surface area contributed by atoms with E-state index in [-0.39, 0.29) is 18.3 Å². The Kier molecular flexibility index (Phi) is 9.90. The van der Waals surface area contributed by atoms with E-state index >= 15 is 0 Å². The molecule has 1 saturated heterocycles. The van der Waals surface area contributed by atoms with Gasteiger partial charge in [-0.1, -0.05) is 52.3 Å². The number of fused-ring (bicyclic) bond motifs is 1. The molecule has 2 heterocycles. The van der Waals surface area contributed by atoms with Crippen LogP contribution in [0.3, 0.4) is 0 Å². The summed E-state index contributed by atoms with van der Waals surface area (Å²) in [6.07, 6.45) is 4.03. The zero-order chi connectivity index (χ0) is 28.0. The van der Waals surface area contributed by atoms with E-state index in [1.165, 1.54) is 4.90 Å². The van der Waals surface area contributed by atoms with Gasteiger partial charge in [0.15, 0.2) is 0 Å². The number of nitrogens with zero attached hydrogens (tertiary/aromatic N) is 1. The van der Waals surface area contributed by atoms with Gasteiger partial charge in [-0.25, -0.2) is 4.79 Å². The molecule has 1 aliphatic heterocycles. The molecule has 3 rings (SSSR count). The lowest BCUT2D eigenvalue weighted by atomic mass is 9.97. The summed E-state index contributed by atoms with van der Waals surface area (Å²) in [5.41, 5.74) is 7.91. The van der Waals surface area contributed by atoms with Gasteiger partial charge in [0, 0.05) is 30.1 Å². The number of carbonyl (C=O) groups excluding carboxylic acids is 3. The number of amides is 3. The Bertz CT molecular complexity index is 1150. The molecule has 0 aliphatic carbocycles. The first kappa shape index (κ1) is 29.2. The number of carboxylic acids is 1. The quantitative estimate of drug-likeness (QED) is 0.285. The number of likely N-dealkylation sites (tertiary alicyclic amines) is 1. The number of carbonyl (C=O) groups is 4. The zero-order valence-corrected chi connectivity index (χ0v) is 22.7. The van der Waals surface area contributed by atoms with Gasteiger partial charge in [-0.3, -0.25) is 14.4 Å². The SMILES string of the molecule is CCC(C)C(N)C(=O)NC(Cc1c[nH]c2ccccc12)C(=O)NC(CC(C)C)C(=O)N1CCCC1C(=O)O. The number of nitrogens with one attached hydrogen (secondary N) is 3. The first-order valence-corrected chi connectivity index (χ1v) is 13.5. The molecule has 1 aromatic heterocycles. The van der Waals surface area contributed by atoms with Crippen LogP contribution in [0.1, 0.15) is 58.9 Å². The number of hydrogen-bond donors (Lipinski definition) is 5. The molecule has 0 saturated carbocycles. The van der Waals surface area contributed by atoms with Gasteiger partial charge in [-0.2, -0.15) is 0 Å². The van der Waals surface area contributed by atoms with Crippen LogP contribution in [0.5, 0.6) is 0 Å². The number of carboxylic acid groups (broad SMARTS) is 1. The van der Waals surface area contributed by atoms with E-state index in [2.05, 4.69) is 15.6 Å². The van der Waals surface area contributed by atoms with Crippen LogP contribution in [0.4, 0.5) is 0 Å². The molecule has 0 spiro atoms. The van der Waals surface area contributed by atoms with Gasteiger partial charge >= 0.3 is 5.97 Å². The highest BCUT2D eigenvalue weighted by atomic mass is 16.4. The molecule has 5 unspecified atom stereocenters. The fourth-order valence-corrected chi connectivity index (χ4v) is 4.96. The highest BCUT2D eigenvalue weighted by Crippen LogP contribution is 2.22. The lowest BCUT2D eigenvalue weighted by Gasteiger charge is -2.30. The number of aromatic nitrogens is 1. The average Bonchev–Trinajstić information content (AvgIpc) is 3.54. The fourth-order valence-electron chi connectivity index (χ4n) is 4.96. The minimum Gasteiger partial charge on any atom is -0.480 e. The number of nitrogens with two attached hydrogens (primary N) is 1. The molecular formula is C28H41N5O5. The van der Waals surface area contributed by atoms with Crippen LogP contribution in [0.15, 0.2) is 30.5 Å². The summed E-state index contributed by atoms with van der Waals surface area (Å²) < 4.78 is 0. The maximum Gasteiger partial charge on any atom is 0.326 e. The van der Waals surface area contributed by atoms with Gasteiger partial charge in [-0.05, 0) is 42.7 Å². The molecule has 5 atom stereocenters. The van der Waals surface area contributed by atoms with Crippen molar-refractivity contribution in [3.63, 3.8) is 0 Å². The lowest BCUT2D eigenvalue weighted by Crippen LogP contribution is -2.58. The van der Waals surface area contributed by atoms with Crippen molar-refractivity contribution in [1.82, 2.24) is 20.5 Å². The second-order valence-electron chi connectivity index (χ2n) is 10.8. The summed E-state index contributed by atoms with van der Waals surface area (Å²) in [5.74, 6) is -2.41. The van der Waals surface area contributed by atoms with Crippen molar-refractivity contribution >= 4 is 34.6 Å². The normalized spacial score (nSPS) is 18.7. The summed E-state index contributed by atoms with van der Waals surface area (Å²) >= 11 is 0. The number of aliphatic carboxylic acids is 1. The Morgan fingerprint density at radius 3 is 2.45 bits per heavy atom. The first-order valence-electron chi connectivity index (χ1n) is 13.5. The third-order valence-electron chi connectivity index (χ3n) is 7.43. The molecule has 6 N–H and O–H groups in total. The highest BCUT2D eigenvalue weighted by Gasteiger charge is 2.38. The van der Waals surface area contributed by atoms with Crippen molar-refractivity contribution < 1.29 is 24.3 Å². The van der Waals surface area contributed by atoms with Crippen LogP contribution in [-0.4, -0.2) is 69.4 Å². The molecule has 1 aliphatic rings. The van der Waals surface area contributed by atoms with Crippen LogP contribution >= 0.6 is 0 Å². The predicted molar refractivity (Wildman–Crippen MR) is 145 cm³/mol. The Labute approximate surface area is 223 Å². The van der Waals surface area contributed by atoms with Gasteiger partial charge in [0.1, 0.15) is 18.1 Å². The Hall–Kier alpha value is -3.40. The van der Waals surface area contributed by atoms with E-state index in [1.807, 2.05) is 58.2 Å². The Balaban J connectivity index is 1.86. The van der Waals surface area contributed by atoms with Crippen molar-refractivity contribution in [2.75, 3.05) is 6.54 Å². The molecule has 1 aromatic carbocycles. The molecule has 10 nitrogen and oxygen atoms in total. The molecule has 38 heavy (non-hydrogen) atoms. The van der Waals surface area contributed by atoms with Crippen LogP contribution in [0.2, 0.25) is 0 Å². The van der Waals surface area contributed by atoms with E-state index in [9.17, 15) is 24.3 Å². The Morgan fingerprint density at radius 2 is 1.79 bits per heavy atom. The standard InChI is InChI=1S/C28H41N5O5/c1-5-17(4)24(29)26(35)31-21(14-18-15-30-20-10-7-6-9-19(18)20)25(34)32-22(13-16(2)3)27(36)33-12-8-11-23(33)28(37)38/h6-7,9-10,15-17,21-24,30H,5,8,11-14,29H2,1-4H3,(H,31,35)(H,32,34)(H,37,38). The lowest BCUT2D eigenvalue weighted by molar-refractivity contribution is -0.149. The van der Waals surface area contributed by atoms with Crippen LogP contribution in [-0.2, 0) is 25.6 Å². The van der Waals surface area contributed by atoms with Crippen molar-refractivity contribution in [1.29, 1.82) is 0 Å². The Morgan fingerprint density at radius 1 is 1.11 bits per heavy atom. The van der Waals surface area contributed by atoms with Crippen molar-refractivity contribution in [2.24, 2.45) is 17.6 Å². The maximum absolute atomic E-state index is 13.7. The molecule has 0 bridgehead atoms. The molecule has 2 aromatic rings. The van der Waals surface area contributed by atoms with Crippen molar-refractivity contribution in [3.05, 3.63) is 36.0 Å². The second-order valence-corrected chi connectivity index (χ2v) is 10.8. The van der Waals surface area contributed by atoms with E-state index in [0.29, 0.717) is 32.2 Å². The largest absolute Gasteiger partial charge is 0.480 e. The predicted octanol–water partition coefficient (Wildman–Crippen LogP) is 2.18. The van der Waals surface area contributed by atoms with Gasteiger partial charge in [0.25, 0.3) is 0 Å². The third-order valence-corrected chi connectivity index (χ3v) is 7.43. The van der Waals surface area contributed by atoms with Crippen molar-refractivity contribution in [3.8, 4) is 0 Å². The second kappa shape index (κ2) is 12.9. The van der Waals surface area contributed by atoms with Crippen LogP contribution < -0.4 is 16.4 Å². The summed E-state index contributed by atoms with van der Waals surface area (Å²) in [6, 6.07) is 4.10. The molecule has 208 valence electrons. The smallest absolute Gasteiger partial charge is 0.326 e. The number of rotatable bonds is 12. The zero-order valence-electron chi connectivity index (χ0n) is 22.7. The summed E-state index contributed by atoms with van der Waals surface area (Å²) in [4.78, 5) is 56.4. The van der Waals surface area contributed by atoms with Crippen LogP contribution in [0, 0.1) is 11.8 Å². The molecule has 0 radical (unpaired) electrons. The average molecular weight is 528 g/mol. The monoisotopic (exact) mass is 527 g/mol. The first-order chi connectivity index (χ1) is 18.0. The van der Waals surface area contributed by atoms with Gasteiger partial charge in [-0.15, -0.1) is 0 Å². The van der Waals surface area contributed by atoms with Gasteiger partial charge in [0.2, 0.25) is 17.7 Å².